The first-order valence-electron chi connectivity index (χ1n) is 9.40. The molecule has 1 aromatic heterocycles. The molecule has 1 N–H and O–H groups in total. The summed E-state index contributed by atoms with van der Waals surface area (Å²) in [6.45, 7) is 1.93. The number of nitro benzene ring substituents is 1. The third-order valence-corrected chi connectivity index (χ3v) is 5.38. The van der Waals surface area contributed by atoms with Gasteiger partial charge < -0.3 is 5.32 Å². The molecule has 4 aromatic rings. The second-order valence-electron chi connectivity index (χ2n) is 6.87. The number of nitrogens with zero attached hydrogens (tertiary/aromatic N) is 3. The molecule has 7 nitrogen and oxygen atoms in total. The molecule has 0 saturated heterocycles. The Hall–Kier alpha value is -3.78. The molecule has 0 saturated carbocycles. The Labute approximate surface area is 186 Å². The zero-order valence-electron chi connectivity index (χ0n) is 16.4. The highest BCUT2D eigenvalue weighted by molar-refractivity contribution is 9.10. The summed E-state index contributed by atoms with van der Waals surface area (Å²) < 4.78 is 2.39. The van der Waals surface area contributed by atoms with Gasteiger partial charge >= 0.3 is 0 Å². The van der Waals surface area contributed by atoms with E-state index in [1.165, 1.54) is 18.2 Å². The number of nitro groups is 1. The Morgan fingerprint density at radius 1 is 1.03 bits per heavy atom. The van der Waals surface area contributed by atoms with Crippen LogP contribution in [-0.2, 0) is 0 Å². The summed E-state index contributed by atoms with van der Waals surface area (Å²) in [7, 11) is 0. The number of carbonyl (C=O) groups is 1. The number of aryl methyl sites for hydroxylation is 1. The molecule has 0 unspecified atom stereocenters. The molecule has 0 spiro atoms. The monoisotopic (exact) mass is 476 g/mol. The summed E-state index contributed by atoms with van der Waals surface area (Å²) >= 11 is 3.31. The van der Waals surface area contributed by atoms with Crippen molar-refractivity contribution in [2.75, 3.05) is 5.32 Å². The standard InChI is InChI=1S/C23H17BrN4O3/c1-15-13-22(16-5-3-2-4-6-16)27(26-15)18-9-7-17(8-10-18)23(29)25-21-14-19(28(30)31)11-12-20(21)24/h2-14H,1H3,(H,25,29). The molecule has 0 atom stereocenters. The van der Waals surface area contributed by atoms with Gasteiger partial charge in [0.25, 0.3) is 11.6 Å². The zero-order valence-corrected chi connectivity index (χ0v) is 18.0. The van der Waals surface area contributed by atoms with Crippen molar-refractivity contribution in [3.8, 4) is 16.9 Å². The minimum Gasteiger partial charge on any atom is -0.321 e. The second kappa shape index (κ2) is 8.53. The number of benzene rings is 3. The summed E-state index contributed by atoms with van der Waals surface area (Å²) in [5, 5.41) is 18.3. The van der Waals surface area contributed by atoms with Crippen molar-refractivity contribution in [3.63, 3.8) is 0 Å². The predicted octanol–water partition coefficient (Wildman–Crippen LogP) is 5.77. The van der Waals surface area contributed by atoms with Crippen molar-refractivity contribution in [3.05, 3.63) is 105 Å². The van der Waals surface area contributed by atoms with Gasteiger partial charge in [0, 0.05) is 27.7 Å². The van der Waals surface area contributed by atoms with Crippen molar-refractivity contribution >= 4 is 33.2 Å². The quantitative estimate of drug-likeness (QED) is 0.292. The van der Waals surface area contributed by atoms with E-state index in [1.54, 1.807) is 12.1 Å². The van der Waals surface area contributed by atoms with Gasteiger partial charge in [0.05, 0.1) is 27.7 Å². The van der Waals surface area contributed by atoms with Crippen LogP contribution < -0.4 is 5.32 Å². The summed E-state index contributed by atoms with van der Waals surface area (Å²) in [6, 6.07) is 23.2. The van der Waals surface area contributed by atoms with Gasteiger partial charge in [-0.05, 0) is 59.3 Å². The van der Waals surface area contributed by atoms with Gasteiger partial charge in [-0.15, -0.1) is 0 Å². The predicted molar refractivity (Wildman–Crippen MR) is 122 cm³/mol. The van der Waals surface area contributed by atoms with Crippen molar-refractivity contribution in [1.82, 2.24) is 9.78 Å². The SMILES string of the molecule is Cc1cc(-c2ccccc2)n(-c2ccc(C(=O)Nc3cc([N+](=O)[O-])ccc3Br)cc2)n1. The fraction of sp³-hybridized carbons (Fsp3) is 0.0435. The van der Waals surface area contributed by atoms with Gasteiger partial charge in [-0.3, -0.25) is 14.9 Å². The fourth-order valence-electron chi connectivity index (χ4n) is 3.18. The van der Waals surface area contributed by atoms with E-state index in [4.69, 9.17) is 0 Å². The first-order valence-corrected chi connectivity index (χ1v) is 10.2. The number of anilines is 1. The van der Waals surface area contributed by atoms with Crippen molar-refractivity contribution < 1.29 is 9.72 Å². The maximum atomic E-state index is 12.7. The molecular weight excluding hydrogens is 460 g/mol. The first-order chi connectivity index (χ1) is 14.9. The van der Waals surface area contributed by atoms with Gasteiger partial charge in [-0.2, -0.15) is 5.10 Å². The Morgan fingerprint density at radius 2 is 1.74 bits per heavy atom. The molecule has 1 amide bonds. The largest absolute Gasteiger partial charge is 0.321 e. The lowest BCUT2D eigenvalue weighted by Gasteiger charge is -2.10. The van der Waals surface area contributed by atoms with Crippen LogP contribution >= 0.6 is 15.9 Å². The second-order valence-corrected chi connectivity index (χ2v) is 7.73. The van der Waals surface area contributed by atoms with Crippen LogP contribution in [0.1, 0.15) is 16.1 Å². The Bertz CT molecular complexity index is 1270. The highest BCUT2D eigenvalue weighted by Gasteiger charge is 2.14. The van der Waals surface area contributed by atoms with Crippen LogP contribution in [0.25, 0.3) is 16.9 Å². The summed E-state index contributed by atoms with van der Waals surface area (Å²) in [4.78, 5) is 23.2. The fourth-order valence-corrected chi connectivity index (χ4v) is 3.53. The van der Waals surface area contributed by atoms with Crippen LogP contribution in [-0.4, -0.2) is 20.6 Å². The smallest absolute Gasteiger partial charge is 0.271 e. The molecule has 154 valence electrons. The van der Waals surface area contributed by atoms with Crippen molar-refractivity contribution in [2.24, 2.45) is 0 Å². The van der Waals surface area contributed by atoms with E-state index >= 15 is 0 Å². The Morgan fingerprint density at radius 3 is 2.42 bits per heavy atom. The summed E-state index contributed by atoms with van der Waals surface area (Å²) in [6.07, 6.45) is 0. The highest BCUT2D eigenvalue weighted by atomic mass is 79.9. The molecule has 1 heterocycles. The van der Waals surface area contributed by atoms with Crippen LogP contribution in [0.4, 0.5) is 11.4 Å². The van der Waals surface area contributed by atoms with E-state index in [0.29, 0.717) is 15.7 Å². The number of hydrogen-bond acceptors (Lipinski definition) is 4. The van der Waals surface area contributed by atoms with E-state index in [2.05, 4.69) is 26.3 Å². The molecule has 8 heteroatoms. The average Bonchev–Trinajstić information content (AvgIpc) is 3.17. The molecule has 0 aliphatic heterocycles. The van der Waals surface area contributed by atoms with E-state index in [0.717, 1.165) is 22.6 Å². The zero-order chi connectivity index (χ0) is 22.0. The summed E-state index contributed by atoms with van der Waals surface area (Å²) in [5.74, 6) is -0.368. The maximum Gasteiger partial charge on any atom is 0.271 e. The van der Waals surface area contributed by atoms with Gasteiger partial charge in [-0.1, -0.05) is 30.3 Å². The van der Waals surface area contributed by atoms with E-state index in [-0.39, 0.29) is 11.6 Å². The van der Waals surface area contributed by atoms with Gasteiger partial charge in [0.1, 0.15) is 0 Å². The van der Waals surface area contributed by atoms with Gasteiger partial charge in [0.15, 0.2) is 0 Å². The lowest BCUT2D eigenvalue weighted by atomic mass is 10.1. The number of aromatic nitrogens is 2. The Balaban J connectivity index is 1.59. The van der Waals surface area contributed by atoms with E-state index in [9.17, 15) is 14.9 Å². The third-order valence-electron chi connectivity index (χ3n) is 4.68. The molecule has 3 aromatic carbocycles. The minimum absolute atomic E-state index is 0.101. The first kappa shape index (κ1) is 20.5. The Kier molecular flexibility index (Phi) is 5.64. The molecule has 4 rings (SSSR count). The summed E-state index contributed by atoms with van der Waals surface area (Å²) in [5.41, 5.74) is 4.36. The molecule has 0 radical (unpaired) electrons. The topological polar surface area (TPSA) is 90.1 Å². The molecular formula is C23H17BrN4O3. The van der Waals surface area contributed by atoms with Crippen LogP contribution in [0, 0.1) is 17.0 Å². The average molecular weight is 477 g/mol. The number of amides is 1. The van der Waals surface area contributed by atoms with E-state index in [1.807, 2.05) is 60.1 Å². The van der Waals surface area contributed by atoms with Crippen molar-refractivity contribution in [1.29, 1.82) is 0 Å². The molecule has 31 heavy (non-hydrogen) atoms. The number of non-ortho nitro benzene ring substituents is 1. The van der Waals surface area contributed by atoms with Crippen LogP contribution in [0.15, 0.2) is 83.3 Å². The number of nitrogens with one attached hydrogen (secondary N) is 1. The number of rotatable bonds is 5. The highest BCUT2D eigenvalue weighted by Crippen LogP contribution is 2.28. The molecule has 0 fully saturated rings. The molecule has 0 aliphatic carbocycles. The van der Waals surface area contributed by atoms with Crippen LogP contribution in [0.2, 0.25) is 0 Å². The third kappa shape index (κ3) is 4.39. The minimum atomic E-state index is -0.507. The normalized spacial score (nSPS) is 10.6. The number of halogens is 1. The van der Waals surface area contributed by atoms with Crippen molar-refractivity contribution in [2.45, 2.75) is 6.92 Å². The van der Waals surface area contributed by atoms with Crippen LogP contribution in [0.3, 0.4) is 0 Å². The molecule has 0 aliphatic rings. The molecule has 0 bridgehead atoms. The lowest BCUT2D eigenvalue weighted by Crippen LogP contribution is -2.12. The van der Waals surface area contributed by atoms with E-state index < -0.39 is 4.92 Å². The number of carbonyl (C=O) groups excluding carboxylic acids is 1. The number of hydrogen-bond donors (Lipinski definition) is 1. The van der Waals surface area contributed by atoms with Crippen LogP contribution in [0.5, 0.6) is 0 Å². The lowest BCUT2D eigenvalue weighted by molar-refractivity contribution is -0.384. The van der Waals surface area contributed by atoms with Gasteiger partial charge in [0.2, 0.25) is 0 Å². The van der Waals surface area contributed by atoms with Gasteiger partial charge in [-0.25, -0.2) is 4.68 Å². The maximum absolute atomic E-state index is 12.7.